The molecule has 0 aromatic carbocycles. The molecule has 2 aromatic rings. The Bertz CT molecular complexity index is 406. The van der Waals surface area contributed by atoms with Crippen molar-refractivity contribution in [3.8, 4) is 0 Å². The summed E-state index contributed by atoms with van der Waals surface area (Å²) in [6.45, 7) is 2.11. The molecule has 0 bridgehead atoms. The summed E-state index contributed by atoms with van der Waals surface area (Å²) in [7, 11) is 0. The fourth-order valence-electron chi connectivity index (χ4n) is 1.27. The highest BCUT2D eigenvalue weighted by molar-refractivity contribution is 6.30. The second kappa shape index (κ2) is 2.79. The first-order chi connectivity index (χ1) is 5.81. The molecule has 2 aromatic heterocycles. The van der Waals surface area contributed by atoms with Crippen LogP contribution in [0.15, 0.2) is 24.5 Å². The van der Waals surface area contributed by atoms with Crippen LogP contribution in [0.1, 0.15) is 12.6 Å². The third-order valence-corrected chi connectivity index (χ3v) is 2.15. The maximum Gasteiger partial charge on any atom is 0.138 e. The lowest BCUT2D eigenvalue weighted by Crippen LogP contribution is -1.88. The summed E-state index contributed by atoms with van der Waals surface area (Å²) in [5.74, 6) is 0. The third kappa shape index (κ3) is 1.08. The normalized spacial score (nSPS) is 10.8. The van der Waals surface area contributed by atoms with Crippen LogP contribution >= 0.6 is 11.6 Å². The SMILES string of the molecule is CCc1cnc2cc(Cl)ccn12. The van der Waals surface area contributed by atoms with Gasteiger partial charge >= 0.3 is 0 Å². The van der Waals surface area contributed by atoms with Crippen LogP contribution in [0.3, 0.4) is 0 Å². The van der Waals surface area contributed by atoms with Gasteiger partial charge in [0.1, 0.15) is 5.65 Å². The Hall–Kier alpha value is -1.02. The van der Waals surface area contributed by atoms with E-state index in [1.54, 1.807) is 0 Å². The van der Waals surface area contributed by atoms with Crippen molar-refractivity contribution in [1.29, 1.82) is 0 Å². The Morgan fingerprint density at radius 1 is 1.58 bits per heavy atom. The van der Waals surface area contributed by atoms with E-state index in [0.29, 0.717) is 0 Å². The van der Waals surface area contributed by atoms with Crippen LogP contribution in [0.4, 0.5) is 0 Å². The summed E-state index contributed by atoms with van der Waals surface area (Å²) < 4.78 is 2.05. The van der Waals surface area contributed by atoms with Gasteiger partial charge in [-0.05, 0) is 18.6 Å². The van der Waals surface area contributed by atoms with Gasteiger partial charge < -0.3 is 4.40 Å². The molecule has 0 aliphatic heterocycles. The van der Waals surface area contributed by atoms with Crippen molar-refractivity contribution in [3.63, 3.8) is 0 Å². The first-order valence-corrected chi connectivity index (χ1v) is 4.30. The van der Waals surface area contributed by atoms with Crippen molar-refractivity contribution < 1.29 is 0 Å². The number of halogens is 1. The number of fused-ring (bicyclic) bond motifs is 1. The van der Waals surface area contributed by atoms with Gasteiger partial charge in [0.15, 0.2) is 0 Å². The van der Waals surface area contributed by atoms with E-state index < -0.39 is 0 Å². The molecule has 3 heteroatoms. The second-order valence-electron chi connectivity index (χ2n) is 2.68. The Labute approximate surface area is 75.8 Å². The summed E-state index contributed by atoms with van der Waals surface area (Å²) in [5.41, 5.74) is 2.13. The number of hydrogen-bond acceptors (Lipinski definition) is 1. The molecule has 0 atom stereocenters. The fourth-order valence-corrected chi connectivity index (χ4v) is 1.42. The Morgan fingerprint density at radius 3 is 3.17 bits per heavy atom. The third-order valence-electron chi connectivity index (χ3n) is 1.91. The van der Waals surface area contributed by atoms with Gasteiger partial charge in [-0.1, -0.05) is 18.5 Å². The van der Waals surface area contributed by atoms with E-state index in [2.05, 4.69) is 11.9 Å². The second-order valence-corrected chi connectivity index (χ2v) is 3.11. The number of aromatic nitrogens is 2. The molecule has 2 rings (SSSR count). The van der Waals surface area contributed by atoms with Crippen molar-refractivity contribution in [2.45, 2.75) is 13.3 Å². The quantitative estimate of drug-likeness (QED) is 0.660. The molecule has 62 valence electrons. The molecule has 0 spiro atoms. The molecule has 2 heterocycles. The molecule has 2 nitrogen and oxygen atoms in total. The highest BCUT2D eigenvalue weighted by Crippen LogP contribution is 2.13. The molecule has 0 aliphatic rings. The van der Waals surface area contributed by atoms with E-state index in [1.165, 1.54) is 5.69 Å². The molecule has 0 radical (unpaired) electrons. The Kier molecular flexibility index (Phi) is 1.77. The minimum Gasteiger partial charge on any atom is -0.304 e. The summed E-state index contributed by atoms with van der Waals surface area (Å²) >= 11 is 5.82. The predicted octanol–water partition coefficient (Wildman–Crippen LogP) is 2.55. The van der Waals surface area contributed by atoms with Gasteiger partial charge in [-0.2, -0.15) is 0 Å². The maximum absolute atomic E-state index is 5.82. The lowest BCUT2D eigenvalue weighted by molar-refractivity contribution is 0.995. The van der Waals surface area contributed by atoms with Crippen LogP contribution < -0.4 is 0 Å². The Morgan fingerprint density at radius 2 is 2.42 bits per heavy atom. The standard InChI is InChI=1S/C9H9ClN2/c1-2-8-6-11-9-5-7(10)3-4-12(8)9/h3-6H,2H2,1H3. The predicted molar refractivity (Wildman–Crippen MR) is 49.6 cm³/mol. The highest BCUT2D eigenvalue weighted by atomic mass is 35.5. The molecule has 0 amide bonds. The molecule has 0 aliphatic carbocycles. The summed E-state index contributed by atoms with van der Waals surface area (Å²) in [5, 5.41) is 0.732. The van der Waals surface area contributed by atoms with E-state index in [-0.39, 0.29) is 0 Å². The van der Waals surface area contributed by atoms with Crippen molar-refractivity contribution in [2.75, 3.05) is 0 Å². The smallest absolute Gasteiger partial charge is 0.138 e. The van der Waals surface area contributed by atoms with E-state index >= 15 is 0 Å². The molecular weight excluding hydrogens is 172 g/mol. The van der Waals surface area contributed by atoms with E-state index in [4.69, 9.17) is 11.6 Å². The van der Waals surface area contributed by atoms with Gasteiger partial charge in [0.05, 0.1) is 0 Å². The monoisotopic (exact) mass is 180 g/mol. The van der Waals surface area contributed by atoms with Gasteiger partial charge in [-0.15, -0.1) is 0 Å². The van der Waals surface area contributed by atoms with Crippen LogP contribution in [0, 0.1) is 0 Å². The molecule has 12 heavy (non-hydrogen) atoms. The van der Waals surface area contributed by atoms with Crippen LogP contribution in [0.5, 0.6) is 0 Å². The lowest BCUT2D eigenvalue weighted by atomic mass is 10.3. The number of pyridine rings is 1. The zero-order valence-electron chi connectivity index (χ0n) is 6.79. The average Bonchev–Trinajstić information content (AvgIpc) is 2.46. The molecule has 0 N–H and O–H groups in total. The number of nitrogens with zero attached hydrogens (tertiary/aromatic N) is 2. The molecule has 0 saturated heterocycles. The van der Waals surface area contributed by atoms with Gasteiger partial charge in [-0.25, -0.2) is 4.98 Å². The Balaban J connectivity index is 2.73. The lowest BCUT2D eigenvalue weighted by Gasteiger charge is -1.97. The average molecular weight is 181 g/mol. The molecular formula is C9H9ClN2. The minimum atomic E-state index is 0.732. The molecule has 0 unspecified atom stereocenters. The van der Waals surface area contributed by atoms with Crippen LogP contribution in [-0.4, -0.2) is 9.38 Å². The zero-order chi connectivity index (χ0) is 8.55. The van der Waals surface area contributed by atoms with Crippen LogP contribution in [0.2, 0.25) is 5.02 Å². The van der Waals surface area contributed by atoms with Crippen LogP contribution in [-0.2, 0) is 6.42 Å². The van der Waals surface area contributed by atoms with Crippen LogP contribution in [0.25, 0.3) is 5.65 Å². The fraction of sp³-hybridized carbons (Fsp3) is 0.222. The summed E-state index contributed by atoms with van der Waals surface area (Å²) in [6, 6.07) is 3.73. The topological polar surface area (TPSA) is 17.3 Å². The van der Waals surface area contributed by atoms with Crippen molar-refractivity contribution in [3.05, 3.63) is 35.2 Å². The van der Waals surface area contributed by atoms with Crippen molar-refractivity contribution in [2.24, 2.45) is 0 Å². The number of aryl methyl sites for hydroxylation is 1. The van der Waals surface area contributed by atoms with Gasteiger partial charge in [0.25, 0.3) is 0 Å². The largest absolute Gasteiger partial charge is 0.304 e. The summed E-state index contributed by atoms with van der Waals surface area (Å²) in [4.78, 5) is 4.23. The summed E-state index contributed by atoms with van der Waals surface area (Å²) in [6.07, 6.45) is 4.82. The first-order valence-electron chi connectivity index (χ1n) is 3.92. The van der Waals surface area contributed by atoms with Gasteiger partial charge in [-0.3, -0.25) is 0 Å². The zero-order valence-corrected chi connectivity index (χ0v) is 7.54. The molecule has 0 fully saturated rings. The van der Waals surface area contributed by atoms with E-state index in [1.807, 2.05) is 28.9 Å². The first kappa shape index (κ1) is 7.62. The van der Waals surface area contributed by atoms with Crippen molar-refractivity contribution >= 4 is 17.2 Å². The van der Waals surface area contributed by atoms with E-state index in [0.717, 1.165) is 17.1 Å². The minimum absolute atomic E-state index is 0.732. The van der Waals surface area contributed by atoms with Crippen molar-refractivity contribution in [1.82, 2.24) is 9.38 Å². The number of rotatable bonds is 1. The highest BCUT2D eigenvalue weighted by Gasteiger charge is 1.99. The van der Waals surface area contributed by atoms with Gasteiger partial charge in [0, 0.05) is 23.1 Å². The molecule has 0 saturated carbocycles. The number of imidazole rings is 1. The van der Waals surface area contributed by atoms with E-state index in [9.17, 15) is 0 Å². The van der Waals surface area contributed by atoms with Gasteiger partial charge in [0.2, 0.25) is 0 Å². The maximum atomic E-state index is 5.82. The number of hydrogen-bond donors (Lipinski definition) is 0.